The second-order valence-corrected chi connectivity index (χ2v) is 7.26. The molecule has 1 aliphatic rings. The summed E-state index contributed by atoms with van der Waals surface area (Å²) in [4.78, 5) is 16.5. The Kier molecular flexibility index (Phi) is 5.19. The van der Waals surface area contributed by atoms with Crippen LogP contribution in [-0.2, 0) is 23.8 Å². The molecular weight excluding hydrogens is 395 g/mol. The van der Waals surface area contributed by atoms with Gasteiger partial charge in [-0.15, -0.1) is 0 Å². The molecular formula is C21H20F3N5O. The van der Waals surface area contributed by atoms with Crippen LogP contribution in [0.15, 0.2) is 49.1 Å². The van der Waals surface area contributed by atoms with Crippen LogP contribution >= 0.6 is 0 Å². The van der Waals surface area contributed by atoms with E-state index < -0.39 is 23.7 Å². The molecule has 1 heterocycles. The first-order valence-electron chi connectivity index (χ1n) is 9.57. The number of aromatic nitrogens is 3. The second kappa shape index (κ2) is 7.81. The van der Waals surface area contributed by atoms with E-state index in [9.17, 15) is 18.0 Å². The van der Waals surface area contributed by atoms with Gasteiger partial charge in [0.1, 0.15) is 18.7 Å². The van der Waals surface area contributed by atoms with Crippen molar-refractivity contribution in [3.05, 3.63) is 65.7 Å². The molecule has 1 aromatic heterocycles. The predicted octanol–water partition coefficient (Wildman–Crippen LogP) is 4.21. The van der Waals surface area contributed by atoms with Crippen molar-refractivity contribution in [2.45, 2.75) is 38.4 Å². The van der Waals surface area contributed by atoms with E-state index >= 15 is 0 Å². The number of nitrogens with one attached hydrogen (secondary N) is 2. The summed E-state index contributed by atoms with van der Waals surface area (Å²) < 4.78 is 40.8. The minimum absolute atomic E-state index is 0.00271. The summed E-state index contributed by atoms with van der Waals surface area (Å²) in [5.41, 5.74) is 2.82. The highest BCUT2D eigenvalue weighted by atomic mass is 19.4. The van der Waals surface area contributed by atoms with E-state index in [4.69, 9.17) is 0 Å². The molecule has 0 radical (unpaired) electrons. The number of fused-ring (bicyclic) bond motifs is 1. The van der Waals surface area contributed by atoms with E-state index in [1.165, 1.54) is 34.5 Å². The molecule has 0 fully saturated rings. The molecule has 0 spiro atoms. The number of carbonyl (C=O) groups excluding carboxylic acids is 1. The Balaban J connectivity index is 1.55. The zero-order valence-corrected chi connectivity index (χ0v) is 16.2. The summed E-state index contributed by atoms with van der Waals surface area (Å²) in [7, 11) is 0. The fraction of sp³-hybridized carbons (Fsp3) is 0.286. The van der Waals surface area contributed by atoms with Crippen molar-refractivity contribution in [2.75, 3.05) is 10.6 Å². The van der Waals surface area contributed by atoms with Gasteiger partial charge in [-0.3, -0.25) is 4.79 Å². The molecule has 156 valence electrons. The lowest BCUT2D eigenvalue weighted by Crippen LogP contribution is -2.32. The fourth-order valence-corrected chi connectivity index (χ4v) is 3.56. The summed E-state index contributed by atoms with van der Waals surface area (Å²) in [5, 5.41) is 9.66. The molecule has 3 aromatic rings. The molecule has 6 nitrogen and oxygen atoms in total. The lowest BCUT2D eigenvalue weighted by molar-refractivity contribution is -0.137. The first-order valence-corrected chi connectivity index (χ1v) is 9.57. The number of aryl methyl sites for hydroxylation is 2. The highest BCUT2D eigenvalue weighted by Crippen LogP contribution is 2.33. The van der Waals surface area contributed by atoms with Crippen molar-refractivity contribution in [1.29, 1.82) is 0 Å². The fourth-order valence-electron chi connectivity index (χ4n) is 3.56. The Morgan fingerprint density at radius 1 is 1.13 bits per heavy atom. The number of alkyl halides is 3. The molecule has 30 heavy (non-hydrogen) atoms. The normalized spacial score (nSPS) is 14.3. The van der Waals surface area contributed by atoms with Crippen LogP contribution in [0.3, 0.4) is 0 Å². The molecule has 0 unspecified atom stereocenters. The number of anilines is 2. The topological polar surface area (TPSA) is 71.8 Å². The third-order valence-corrected chi connectivity index (χ3v) is 5.12. The van der Waals surface area contributed by atoms with Crippen LogP contribution in [0.5, 0.6) is 0 Å². The number of hydrogen-bond donors (Lipinski definition) is 2. The van der Waals surface area contributed by atoms with Crippen LogP contribution < -0.4 is 10.6 Å². The maximum atomic E-state index is 13.2. The number of hydrogen-bond acceptors (Lipinski definition) is 4. The number of benzene rings is 2. The Bertz CT molecular complexity index is 1060. The molecule has 1 aliphatic carbocycles. The standard InChI is InChI=1S/C21H20F3N5O/c1-13(27-17-7-5-14-3-2-4-15(14)9-17)20(30)28-18-10-16(21(22,23)24)6-8-19(18)29-12-25-11-26-29/h5-13,27H,2-4H2,1H3,(H,28,30)/t13-/m0/s1. The van der Waals surface area contributed by atoms with Gasteiger partial charge in [0.25, 0.3) is 0 Å². The molecule has 0 bridgehead atoms. The monoisotopic (exact) mass is 415 g/mol. The minimum Gasteiger partial charge on any atom is -0.374 e. The van der Waals surface area contributed by atoms with Gasteiger partial charge in [-0.05, 0) is 67.6 Å². The predicted molar refractivity (Wildman–Crippen MR) is 107 cm³/mol. The Morgan fingerprint density at radius 2 is 1.93 bits per heavy atom. The van der Waals surface area contributed by atoms with Gasteiger partial charge in [-0.1, -0.05) is 6.07 Å². The first kappa shape index (κ1) is 19.9. The van der Waals surface area contributed by atoms with E-state index in [0.29, 0.717) is 5.69 Å². The summed E-state index contributed by atoms with van der Waals surface area (Å²) >= 11 is 0. The molecule has 4 rings (SSSR count). The van der Waals surface area contributed by atoms with Gasteiger partial charge in [0.15, 0.2) is 0 Å². The molecule has 0 aliphatic heterocycles. The summed E-state index contributed by atoms with van der Waals surface area (Å²) in [6.45, 7) is 1.66. The van der Waals surface area contributed by atoms with Crippen LogP contribution in [0.2, 0.25) is 0 Å². The molecule has 2 N–H and O–H groups in total. The van der Waals surface area contributed by atoms with Gasteiger partial charge < -0.3 is 10.6 Å². The van der Waals surface area contributed by atoms with Gasteiger partial charge >= 0.3 is 6.18 Å². The highest BCUT2D eigenvalue weighted by Gasteiger charge is 2.31. The zero-order chi connectivity index (χ0) is 21.3. The van der Waals surface area contributed by atoms with Crippen molar-refractivity contribution in [3.8, 4) is 5.69 Å². The van der Waals surface area contributed by atoms with Crippen molar-refractivity contribution in [2.24, 2.45) is 0 Å². The van der Waals surface area contributed by atoms with Gasteiger partial charge in [0.05, 0.1) is 16.9 Å². The number of carbonyl (C=O) groups is 1. The van der Waals surface area contributed by atoms with Crippen LogP contribution in [-0.4, -0.2) is 26.7 Å². The van der Waals surface area contributed by atoms with E-state index in [2.05, 4.69) is 20.7 Å². The van der Waals surface area contributed by atoms with Crippen molar-refractivity contribution in [3.63, 3.8) is 0 Å². The van der Waals surface area contributed by atoms with Crippen molar-refractivity contribution >= 4 is 17.3 Å². The average Bonchev–Trinajstić information content (AvgIpc) is 3.38. The zero-order valence-electron chi connectivity index (χ0n) is 16.2. The Morgan fingerprint density at radius 3 is 2.67 bits per heavy atom. The molecule has 1 atom stereocenters. The lowest BCUT2D eigenvalue weighted by atomic mass is 10.1. The third kappa shape index (κ3) is 4.14. The third-order valence-electron chi connectivity index (χ3n) is 5.12. The van der Waals surface area contributed by atoms with Gasteiger partial charge in [-0.25, -0.2) is 9.67 Å². The Labute approximate surface area is 171 Å². The molecule has 9 heteroatoms. The molecule has 0 saturated carbocycles. The van der Waals surface area contributed by atoms with Crippen LogP contribution in [0.1, 0.15) is 30.0 Å². The second-order valence-electron chi connectivity index (χ2n) is 7.26. The molecule has 1 amide bonds. The number of halogens is 3. The number of rotatable bonds is 5. The van der Waals surface area contributed by atoms with E-state index in [1.807, 2.05) is 18.2 Å². The SMILES string of the molecule is C[C@H](Nc1ccc2c(c1)CCC2)C(=O)Nc1cc(C(F)(F)F)ccc1-n1cncn1. The smallest absolute Gasteiger partial charge is 0.374 e. The highest BCUT2D eigenvalue weighted by molar-refractivity contribution is 5.98. The van der Waals surface area contributed by atoms with Crippen LogP contribution in [0.4, 0.5) is 24.5 Å². The van der Waals surface area contributed by atoms with Crippen molar-refractivity contribution < 1.29 is 18.0 Å². The first-order chi connectivity index (χ1) is 14.3. The van der Waals surface area contributed by atoms with Gasteiger partial charge in [0.2, 0.25) is 5.91 Å². The number of nitrogens with zero attached hydrogens (tertiary/aromatic N) is 3. The summed E-state index contributed by atoms with van der Waals surface area (Å²) in [6.07, 6.45) is 1.28. The summed E-state index contributed by atoms with van der Waals surface area (Å²) in [5.74, 6) is -0.462. The van der Waals surface area contributed by atoms with Crippen molar-refractivity contribution in [1.82, 2.24) is 14.8 Å². The maximum absolute atomic E-state index is 13.2. The Hall–Kier alpha value is -3.36. The number of amides is 1. The van der Waals surface area contributed by atoms with E-state index in [-0.39, 0.29) is 5.69 Å². The van der Waals surface area contributed by atoms with Gasteiger partial charge in [-0.2, -0.15) is 18.3 Å². The molecule has 0 saturated heterocycles. The average molecular weight is 415 g/mol. The van der Waals surface area contributed by atoms with E-state index in [1.54, 1.807) is 6.92 Å². The van der Waals surface area contributed by atoms with Crippen LogP contribution in [0.25, 0.3) is 5.69 Å². The van der Waals surface area contributed by atoms with Gasteiger partial charge in [0, 0.05) is 5.69 Å². The largest absolute Gasteiger partial charge is 0.416 e. The molecule has 2 aromatic carbocycles. The van der Waals surface area contributed by atoms with E-state index in [0.717, 1.165) is 37.1 Å². The minimum atomic E-state index is -4.53. The van der Waals surface area contributed by atoms with Crippen LogP contribution in [0, 0.1) is 0 Å². The quantitative estimate of drug-likeness (QED) is 0.655. The maximum Gasteiger partial charge on any atom is 0.416 e. The summed E-state index contributed by atoms with van der Waals surface area (Å²) in [6, 6.07) is 8.42. The lowest BCUT2D eigenvalue weighted by Gasteiger charge is -2.18.